The number of esters is 1. The molecule has 0 fully saturated rings. The van der Waals surface area contributed by atoms with Crippen molar-refractivity contribution in [2.24, 2.45) is 0 Å². The van der Waals surface area contributed by atoms with E-state index in [1.165, 1.54) is 24.5 Å². The molecule has 4 aromatic rings. The molecule has 0 radical (unpaired) electrons. The maximum atomic E-state index is 13.4. The van der Waals surface area contributed by atoms with Crippen LogP contribution in [0.1, 0.15) is 15.9 Å². The Labute approximate surface area is 177 Å². The van der Waals surface area contributed by atoms with E-state index in [0.717, 1.165) is 29.9 Å². The van der Waals surface area contributed by atoms with Crippen LogP contribution in [0.4, 0.5) is 18.9 Å². The fourth-order valence-electron chi connectivity index (χ4n) is 3.47. The number of rotatable bonds is 2. The molecule has 31 heavy (non-hydrogen) atoms. The number of ether oxygens (including phenoxy) is 1. The summed E-state index contributed by atoms with van der Waals surface area (Å²) in [6.45, 7) is 0. The maximum Gasteiger partial charge on any atom is 0.416 e. The van der Waals surface area contributed by atoms with Gasteiger partial charge in [0.1, 0.15) is 5.56 Å². The Bertz CT molecular complexity index is 1430. The average Bonchev–Trinajstić information content (AvgIpc) is 2.74. The molecule has 158 valence electrons. The lowest BCUT2D eigenvalue weighted by molar-refractivity contribution is -0.137. The summed E-state index contributed by atoms with van der Waals surface area (Å²) in [7, 11) is 1.08. The highest BCUT2D eigenvalue weighted by Crippen LogP contribution is 2.35. The minimum Gasteiger partial charge on any atom is -0.465 e. The lowest BCUT2D eigenvalue weighted by Crippen LogP contribution is -2.28. The molecular weight excluding hydrogens is 435 g/mol. The number of benzene rings is 2. The van der Waals surface area contributed by atoms with Gasteiger partial charge in [-0.05, 0) is 30.3 Å². The topological polar surface area (TPSA) is 87.2 Å². The molecular formula is C21H13ClF3N3O3. The highest BCUT2D eigenvalue weighted by molar-refractivity contribution is 6.35. The third-order valence-corrected chi connectivity index (χ3v) is 5.24. The molecule has 0 aliphatic rings. The van der Waals surface area contributed by atoms with Gasteiger partial charge in [-0.25, -0.2) is 4.79 Å². The fourth-order valence-corrected chi connectivity index (χ4v) is 3.68. The van der Waals surface area contributed by atoms with Crippen LogP contribution in [0.2, 0.25) is 5.02 Å². The molecule has 4 rings (SSSR count). The summed E-state index contributed by atoms with van der Waals surface area (Å²) in [6.07, 6.45) is -1.74. The number of nitrogens with zero attached hydrogens (tertiary/aromatic N) is 2. The first-order chi connectivity index (χ1) is 14.6. The molecule has 2 aromatic carbocycles. The molecule has 2 heterocycles. The molecule has 2 N–H and O–H groups in total. The van der Waals surface area contributed by atoms with Gasteiger partial charge in [0.15, 0.2) is 0 Å². The quantitative estimate of drug-likeness (QED) is 0.454. The third-order valence-electron chi connectivity index (χ3n) is 4.91. The van der Waals surface area contributed by atoms with Crippen molar-refractivity contribution in [3.8, 4) is 5.69 Å². The van der Waals surface area contributed by atoms with Crippen LogP contribution in [0.3, 0.4) is 0 Å². The first-order valence-corrected chi connectivity index (χ1v) is 9.19. The van der Waals surface area contributed by atoms with E-state index < -0.39 is 28.8 Å². The number of anilines is 1. The van der Waals surface area contributed by atoms with Crippen molar-refractivity contribution in [1.29, 1.82) is 0 Å². The van der Waals surface area contributed by atoms with Gasteiger partial charge in [0, 0.05) is 28.6 Å². The molecule has 0 atom stereocenters. The number of fused-ring (bicyclic) bond motifs is 2. The van der Waals surface area contributed by atoms with Crippen molar-refractivity contribution in [2.45, 2.75) is 6.18 Å². The first kappa shape index (κ1) is 20.7. The standard InChI is InChI=1S/C21H13ClF3N3O3/c1-31-20(30)17-18(26)12-3-2-10(21(23,24)25)8-16(12)28(19(17)29)15-5-4-14(22)13-9-27-7-6-11(13)15/h2-9H,26H2,1H3. The Morgan fingerprint density at radius 1 is 1.13 bits per heavy atom. The molecule has 0 bridgehead atoms. The van der Waals surface area contributed by atoms with Crippen LogP contribution in [0.15, 0.2) is 53.6 Å². The van der Waals surface area contributed by atoms with E-state index in [1.54, 1.807) is 6.07 Å². The summed E-state index contributed by atoms with van der Waals surface area (Å²) in [4.78, 5) is 29.6. The molecule has 0 unspecified atom stereocenters. The molecule has 2 aromatic heterocycles. The smallest absolute Gasteiger partial charge is 0.416 e. The van der Waals surface area contributed by atoms with Gasteiger partial charge in [-0.15, -0.1) is 0 Å². The fraction of sp³-hybridized carbons (Fsp3) is 0.0952. The van der Waals surface area contributed by atoms with E-state index in [4.69, 9.17) is 17.3 Å². The van der Waals surface area contributed by atoms with Crippen molar-refractivity contribution in [3.63, 3.8) is 0 Å². The Morgan fingerprint density at radius 2 is 1.87 bits per heavy atom. The van der Waals surface area contributed by atoms with E-state index in [0.29, 0.717) is 15.8 Å². The summed E-state index contributed by atoms with van der Waals surface area (Å²) in [6, 6.07) is 7.30. The number of aromatic nitrogens is 2. The minimum absolute atomic E-state index is 0.0881. The summed E-state index contributed by atoms with van der Waals surface area (Å²) < 4.78 is 45.9. The number of nitrogen functional groups attached to an aromatic ring is 1. The zero-order valence-corrected chi connectivity index (χ0v) is 16.6. The van der Waals surface area contributed by atoms with Crippen LogP contribution in [-0.4, -0.2) is 22.6 Å². The van der Waals surface area contributed by atoms with Crippen LogP contribution >= 0.6 is 11.6 Å². The molecule has 0 spiro atoms. The SMILES string of the molecule is COC(=O)c1c(N)c2ccc(C(F)(F)F)cc2n(-c2ccc(Cl)c3cnccc23)c1=O. The Morgan fingerprint density at radius 3 is 2.55 bits per heavy atom. The van der Waals surface area contributed by atoms with Crippen molar-refractivity contribution in [3.05, 3.63) is 75.3 Å². The molecule has 0 amide bonds. The van der Waals surface area contributed by atoms with Crippen molar-refractivity contribution in [2.75, 3.05) is 12.8 Å². The zero-order chi connectivity index (χ0) is 22.5. The van der Waals surface area contributed by atoms with Crippen molar-refractivity contribution >= 4 is 44.9 Å². The van der Waals surface area contributed by atoms with Gasteiger partial charge >= 0.3 is 12.1 Å². The Kier molecular flexibility index (Phi) is 4.85. The number of pyridine rings is 2. The van der Waals surface area contributed by atoms with E-state index >= 15 is 0 Å². The number of hydrogen-bond donors (Lipinski definition) is 1. The van der Waals surface area contributed by atoms with Crippen LogP contribution in [0, 0.1) is 0 Å². The van der Waals surface area contributed by atoms with Gasteiger partial charge < -0.3 is 10.5 Å². The zero-order valence-electron chi connectivity index (χ0n) is 15.8. The predicted octanol–water partition coefficient (Wildman–Crippen LogP) is 4.58. The van der Waals surface area contributed by atoms with E-state index in [-0.39, 0.29) is 22.3 Å². The Hall–Kier alpha value is -3.59. The highest BCUT2D eigenvalue weighted by Gasteiger charge is 2.32. The van der Waals surface area contributed by atoms with Crippen LogP contribution in [-0.2, 0) is 10.9 Å². The molecule has 0 saturated carbocycles. The number of carbonyl (C=O) groups is 1. The predicted molar refractivity (Wildman–Crippen MR) is 111 cm³/mol. The second-order valence-corrected chi connectivity index (χ2v) is 7.05. The second-order valence-electron chi connectivity index (χ2n) is 6.64. The number of methoxy groups -OCH3 is 1. The molecule has 0 saturated heterocycles. The van der Waals surface area contributed by atoms with E-state index in [9.17, 15) is 22.8 Å². The number of halogens is 4. The third kappa shape index (κ3) is 3.27. The lowest BCUT2D eigenvalue weighted by atomic mass is 10.0. The number of alkyl halides is 3. The van der Waals surface area contributed by atoms with Gasteiger partial charge in [0.2, 0.25) is 0 Å². The van der Waals surface area contributed by atoms with Crippen LogP contribution in [0.5, 0.6) is 0 Å². The number of carbonyl (C=O) groups excluding carboxylic acids is 1. The Balaban J connectivity index is 2.24. The van der Waals surface area contributed by atoms with E-state index in [1.807, 2.05) is 0 Å². The first-order valence-electron chi connectivity index (χ1n) is 8.81. The molecule has 6 nitrogen and oxygen atoms in total. The number of nitrogens with two attached hydrogens (primary N) is 1. The molecule has 0 aliphatic heterocycles. The average molecular weight is 448 g/mol. The largest absolute Gasteiger partial charge is 0.465 e. The van der Waals surface area contributed by atoms with Gasteiger partial charge in [-0.3, -0.25) is 14.3 Å². The minimum atomic E-state index is -4.66. The summed E-state index contributed by atoms with van der Waals surface area (Å²) in [5.41, 5.74) is 3.46. The van der Waals surface area contributed by atoms with Gasteiger partial charge in [-0.2, -0.15) is 13.2 Å². The normalized spacial score (nSPS) is 11.8. The summed E-state index contributed by atoms with van der Waals surface area (Å²) in [5.74, 6) is -1.00. The van der Waals surface area contributed by atoms with Crippen molar-refractivity contribution < 1.29 is 22.7 Å². The maximum absolute atomic E-state index is 13.4. The number of hydrogen-bond acceptors (Lipinski definition) is 5. The highest BCUT2D eigenvalue weighted by atomic mass is 35.5. The summed E-state index contributed by atoms with van der Waals surface area (Å²) in [5, 5.41) is 1.35. The van der Waals surface area contributed by atoms with Gasteiger partial charge in [0.25, 0.3) is 5.56 Å². The molecule has 0 aliphatic carbocycles. The van der Waals surface area contributed by atoms with Gasteiger partial charge in [0.05, 0.1) is 34.6 Å². The molecule has 10 heteroatoms. The van der Waals surface area contributed by atoms with Crippen LogP contribution < -0.4 is 11.3 Å². The van der Waals surface area contributed by atoms with Crippen LogP contribution in [0.25, 0.3) is 27.4 Å². The second kappa shape index (κ2) is 7.28. The van der Waals surface area contributed by atoms with Crippen molar-refractivity contribution in [1.82, 2.24) is 9.55 Å². The van der Waals surface area contributed by atoms with E-state index in [2.05, 4.69) is 9.72 Å². The lowest BCUT2D eigenvalue weighted by Gasteiger charge is -2.18. The summed E-state index contributed by atoms with van der Waals surface area (Å²) >= 11 is 6.22. The van der Waals surface area contributed by atoms with Gasteiger partial charge in [-0.1, -0.05) is 17.7 Å². The monoisotopic (exact) mass is 447 g/mol.